The fraction of sp³-hybridized carbons (Fsp3) is 0.385. The summed E-state index contributed by atoms with van der Waals surface area (Å²) in [5, 5.41) is 13.0. The summed E-state index contributed by atoms with van der Waals surface area (Å²) in [6.45, 7) is 3.25. The van der Waals surface area contributed by atoms with Crippen LogP contribution in [-0.4, -0.2) is 36.2 Å². The third kappa shape index (κ3) is 4.85. The van der Waals surface area contributed by atoms with Gasteiger partial charge in [0.25, 0.3) is 0 Å². The molecule has 0 aliphatic heterocycles. The Morgan fingerprint density at radius 2 is 2.05 bits per heavy atom. The van der Waals surface area contributed by atoms with Crippen molar-refractivity contribution < 1.29 is 23.8 Å². The van der Waals surface area contributed by atoms with Gasteiger partial charge in [-0.15, -0.1) is 0 Å². The van der Waals surface area contributed by atoms with Crippen LogP contribution in [-0.2, 0) is 9.59 Å². The predicted molar refractivity (Wildman–Crippen MR) is 70.9 cm³/mol. The van der Waals surface area contributed by atoms with E-state index in [2.05, 4.69) is 10.6 Å². The average molecular weight is 284 g/mol. The van der Waals surface area contributed by atoms with Crippen LogP contribution in [0.3, 0.4) is 0 Å². The highest BCUT2D eigenvalue weighted by Gasteiger charge is 2.16. The molecule has 110 valence electrons. The van der Waals surface area contributed by atoms with Crippen LogP contribution in [0.4, 0.5) is 10.1 Å². The van der Waals surface area contributed by atoms with E-state index in [1.54, 1.807) is 13.8 Å². The zero-order valence-electron chi connectivity index (χ0n) is 11.3. The molecule has 0 aliphatic carbocycles. The van der Waals surface area contributed by atoms with Crippen molar-refractivity contribution in [2.45, 2.75) is 20.0 Å². The molecule has 0 heterocycles. The van der Waals surface area contributed by atoms with Crippen LogP contribution in [0.25, 0.3) is 0 Å². The van der Waals surface area contributed by atoms with Crippen LogP contribution in [0.5, 0.6) is 5.75 Å². The third-order valence-corrected chi connectivity index (χ3v) is 2.16. The molecule has 0 bridgehead atoms. The zero-order chi connectivity index (χ0) is 15.1. The topological polar surface area (TPSA) is 87.7 Å². The van der Waals surface area contributed by atoms with E-state index in [1.165, 1.54) is 12.1 Å². The van der Waals surface area contributed by atoms with Crippen LogP contribution in [0.1, 0.15) is 13.8 Å². The largest absolute Gasteiger partial charge is 0.489 e. The van der Waals surface area contributed by atoms with Crippen molar-refractivity contribution in [3.8, 4) is 5.75 Å². The fourth-order valence-electron chi connectivity index (χ4n) is 1.39. The number of rotatable bonds is 5. The van der Waals surface area contributed by atoms with Gasteiger partial charge in [0.1, 0.15) is 11.6 Å². The smallest absolute Gasteiger partial charge is 0.313 e. The maximum absolute atomic E-state index is 13.2. The molecule has 1 rings (SSSR count). The lowest BCUT2D eigenvalue weighted by Gasteiger charge is -2.14. The number of halogens is 1. The van der Waals surface area contributed by atoms with E-state index in [4.69, 9.17) is 9.84 Å². The molecule has 6 nitrogen and oxygen atoms in total. The van der Waals surface area contributed by atoms with E-state index in [1.807, 2.05) is 0 Å². The molecule has 2 amide bonds. The standard InChI is InChI=1S/C13H17FN2O4/c1-8(2)20-11-4-3-9(14)7-10(11)16-13(19)12(18)15-5-6-17/h3-4,7-8,17H,5-6H2,1-2H3,(H,15,18)(H,16,19). The number of ether oxygens (including phenoxy) is 1. The number of carbonyl (C=O) groups excluding carboxylic acids is 2. The fourth-order valence-corrected chi connectivity index (χ4v) is 1.39. The first-order valence-electron chi connectivity index (χ1n) is 6.10. The molecule has 20 heavy (non-hydrogen) atoms. The molecule has 0 aromatic heterocycles. The molecular formula is C13H17FN2O4. The molecule has 0 unspecified atom stereocenters. The van der Waals surface area contributed by atoms with E-state index < -0.39 is 17.6 Å². The van der Waals surface area contributed by atoms with E-state index in [0.29, 0.717) is 0 Å². The number of nitrogens with one attached hydrogen (secondary N) is 2. The predicted octanol–water partition coefficient (Wildman–Crippen LogP) is 0.660. The Balaban J connectivity index is 2.82. The summed E-state index contributed by atoms with van der Waals surface area (Å²) < 4.78 is 18.6. The van der Waals surface area contributed by atoms with E-state index >= 15 is 0 Å². The van der Waals surface area contributed by atoms with E-state index in [9.17, 15) is 14.0 Å². The quantitative estimate of drug-likeness (QED) is 0.693. The highest BCUT2D eigenvalue weighted by Crippen LogP contribution is 2.26. The van der Waals surface area contributed by atoms with Crippen LogP contribution in [0, 0.1) is 5.82 Å². The van der Waals surface area contributed by atoms with Crippen LogP contribution in [0.2, 0.25) is 0 Å². The van der Waals surface area contributed by atoms with Gasteiger partial charge in [0, 0.05) is 12.6 Å². The number of carbonyl (C=O) groups is 2. The minimum absolute atomic E-state index is 0.0369. The highest BCUT2D eigenvalue weighted by molar-refractivity contribution is 6.39. The van der Waals surface area contributed by atoms with Crippen molar-refractivity contribution >= 4 is 17.5 Å². The van der Waals surface area contributed by atoms with Gasteiger partial charge in [-0.3, -0.25) is 9.59 Å². The number of hydrogen-bond acceptors (Lipinski definition) is 4. The third-order valence-electron chi connectivity index (χ3n) is 2.16. The summed E-state index contributed by atoms with van der Waals surface area (Å²) in [6.07, 6.45) is -0.167. The summed E-state index contributed by atoms with van der Waals surface area (Å²) >= 11 is 0. The second kappa shape index (κ2) is 7.44. The zero-order valence-corrected chi connectivity index (χ0v) is 11.3. The van der Waals surface area contributed by atoms with Crippen molar-refractivity contribution in [2.75, 3.05) is 18.5 Å². The summed E-state index contributed by atoms with van der Waals surface area (Å²) in [4.78, 5) is 22.9. The molecule has 1 aromatic rings. The molecule has 0 fully saturated rings. The first-order valence-corrected chi connectivity index (χ1v) is 6.10. The Morgan fingerprint density at radius 1 is 1.35 bits per heavy atom. The summed E-state index contributed by atoms with van der Waals surface area (Å²) in [7, 11) is 0. The maximum atomic E-state index is 13.2. The van der Waals surface area contributed by atoms with Crippen LogP contribution in [0.15, 0.2) is 18.2 Å². The second-order valence-electron chi connectivity index (χ2n) is 4.24. The second-order valence-corrected chi connectivity index (χ2v) is 4.24. The lowest BCUT2D eigenvalue weighted by atomic mass is 10.2. The Hall–Kier alpha value is -2.15. The Labute approximate surface area is 115 Å². The number of aliphatic hydroxyl groups excluding tert-OH is 1. The molecule has 0 radical (unpaired) electrons. The van der Waals surface area contributed by atoms with Crippen molar-refractivity contribution in [1.82, 2.24) is 5.32 Å². The minimum atomic E-state index is -0.961. The average Bonchev–Trinajstić information content (AvgIpc) is 2.38. The van der Waals surface area contributed by atoms with E-state index in [-0.39, 0.29) is 30.7 Å². The number of aliphatic hydroxyl groups is 1. The first kappa shape index (κ1) is 15.9. The van der Waals surface area contributed by atoms with Gasteiger partial charge in [-0.05, 0) is 26.0 Å². The van der Waals surface area contributed by atoms with Gasteiger partial charge >= 0.3 is 11.8 Å². The number of amides is 2. The highest BCUT2D eigenvalue weighted by atomic mass is 19.1. The maximum Gasteiger partial charge on any atom is 0.313 e. The van der Waals surface area contributed by atoms with Crippen molar-refractivity contribution in [1.29, 1.82) is 0 Å². The molecule has 3 N–H and O–H groups in total. The molecule has 0 saturated carbocycles. The minimum Gasteiger partial charge on any atom is -0.489 e. The summed E-state index contributed by atoms with van der Waals surface area (Å²) in [5.74, 6) is -2.17. The van der Waals surface area contributed by atoms with Crippen LogP contribution < -0.4 is 15.4 Å². The van der Waals surface area contributed by atoms with E-state index in [0.717, 1.165) is 6.07 Å². The summed E-state index contributed by atoms with van der Waals surface area (Å²) in [5.41, 5.74) is 0.0721. The Kier molecular flexibility index (Phi) is 5.92. The Bertz CT molecular complexity index is 491. The summed E-state index contributed by atoms with van der Waals surface area (Å²) in [6, 6.07) is 3.63. The lowest BCUT2D eigenvalue weighted by Crippen LogP contribution is -2.37. The van der Waals surface area contributed by atoms with Gasteiger partial charge in [0.05, 0.1) is 18.4 Å². The first-order chi connectivity index (χ1) is 9.43. The monoisotopic (exact) mass is 284 g/mol. The molecule has 0 saturated heterocycles. The number of anilines is 1. The molecule has 7 heteroatoms. The van der Waals surface area contributed by atoms with Gasteiger partial charge in [0.2, 0.25) is 0 Å². The number of hydrogen-bond donors (Lipinski definition) is 3. The molecular weight excluding hydrogens is 267 g/mol. The lowest BCUT2D eigenvalue weighted by molar-refractivity contribution is -0.136. The van der Waals surface area contributed by atoms with Gasteiger partial charge in [-0.25, -0.2) is 4.39 Å². The van der Waals surface area contributed by atoms with Crippen molar-refractivity contribution in [3.63, 3.8) is 0 Å². The molecule has 1 aromatic carbocycles. The number of benzene rings is 1. The molecule has 0 atom stereocenters. The van der Waals surface area contributed by atoms with Gasteiger partial charge in [0.15, 0.2) is 0 Å². The molecule has 0 spiro atoms. The van der Waals surface area contributed by atoms with Crippen LogP contribution >= 0.6 is 0 Å². The SMILES string of the molecule is CC(C)Oc1ccc(F)cc1NC(=O)C(=O)NCCO. The Morgan fingerprint density at radius 3 is 2.65 bits per heavy atom. The van der Waals surface area contributed by atoms with Crippen molar-refractivity contribution in [2.24, 2.45) is 0 Å². The van der Waals surface area contributed by atoms with Gasteiger partial charge in [-0.1, -0.05) is 0 Å². The van der Waals surface area contributed by atoms with Gasteiger partial charge < -0.3 is 20.5 Å². The normalized spacial score (nSPS) is 10.2. The van der Waals surface area contributed by atoms with Gasteiger partial charge in [-0.2, -0.15) is 0 Å². The van der Waals surface area contributed by atoms with Crippen molar-refractivity contribution in [3.05, 3.63) is 24.0 Å². The molecule has 0 aliphatic rings.